The van der Waals surface area contributed by atoms with E-state index < -0.39 is 5.82 Å². The Morgan fingerprint density at radius 2 is 1.97 bits per heavy atom. The fourth-order valence-electron chi connectivity index (χ4n) is 2.78. The predicted molar refractivity (Wildman–Crippen MR) is 103 cm³/mol. The third-order valence-electron chi connectivity index (χ3n) is 4.13. The van der Waals surface area contributed by atoms with E-state index >= 15 is 0 Å². The summed E-state index contributed by atoms with van der Waals surface area (Å²) in [5.74, 6) is 1.32. The van der Waals surface area contributed by atoms with E-state index in [1.165, 1.54) is 0 Å². The molecule has 0 amide bonds. The lowest BCUT2D eigenvalue weighted by Gasteiger charge is -2.14. The van der Waals surface area contributed by atoms with Crippen LogP contribution in [-0.4, -0.2) is 51.0 Å². The van der Waals surface area contributed by atoms with Crippen molar-refractivity contribution in [2.75, 3.05) is 17.2 Å². The van der Waals surface area contributed by atoms with Crippen LogP contribution >= 0.6 is 0 Å². The molecule has 12 heteroatoms. The first-order valence-electron chi connectivity index (χ1n) is 8.87. The number of fused-ring (bicyclic) bond motifs is 1. The summed E-state index contributed by atoms with van der Waals surface area (Å²) in [6, 6.07) is -0.370. The molecule has 3 N–H and O–H groups in total. The van der Waals surface area contributed by atoms with Crippen molar-refractivity contribution in [2.45, 2.75) is 19.5 Å². The minimum Gasteiger partial charge on any atom is -0.394 e. The van der Waals surface area contributed by atoms with E-state index in [4.69, 9.17) is 0 Å². The molecule has 150 valence electrons. The quantitative estimate of drug-likeness (QED) is 0.422. The fraction of sp³-hybridized carbons (Fsp3) is 0.294. The second kappa shape index (κ2) is 7.75. The average Bonchev–Trinajstić information content (AvgIpc) is 3.29. The van der Waals surface area contributed by atoms with Crippen LogP contribution in [0.2, 0.25) is 0 Å². The van der Waals surface area contributed by atoms with E-state index in [-0.39, 0.29) is 12.6 Å². The lowest BCUT2D eigenvalue weighted by Crippen LogP contribution is -2.14. The summed E-state index contributed by atoms with van der Waals surface area (Å²) >= 11 is 0. The number of nitrogens with zero attached hydrogens (tertiary/aromatic N) is 8. The number of aliphatic hydroxyl groups excluding tert-OH is 1. The molecule has 29 heavy (non-hydrogen) atoms. The second-order valence-corrected chi connectivity index (χ2v) is 6.40. The fourth-order valence-corrected chi connectivity index (χ4v) is 2.78. The molecule has 0 saturated carbocycles. The van der Waals surface area contributed by atoms with Crippen molar-refractivity contribution in [2.24, 2.45) is 7.05 Å². The minimum absolute atomic E-state index is 0.0770. The van der Waals surface area contributed by atoms with Gasteiger partial charge in [-0.1, -0.05) is 0 Å². The van der Waals surface area contributed by atoms with Crippen LogP contribution in [0.15, 0.2) is 31.1 Å². The van der Waals surface area contributed by atoms with E-state index in [0.717, 1.165) is 12.4 Å². The van der Waals surface area contributed by atoms with Gasteiger partial charge in [-0.25, -0.2) is 24.0 Å². The van der Waals surface area contributed by atoms with E-state index in [0.29, 0.717) is 41.0 Å². The van der Waals surface area contributed by atoms with E-state index in [9.17, 15) is 9.50 Å². The Morgan fingerprint density at radius 1 is 1.17 bits per heavy atom. The van der Waals surface area contributed by atoms with Crippen LogP contribution in [0.25, 0.3) is 11.0 Å². The molecule has 0 aromatic carbocycles. The highest BCUT2D eigenvalue weighted by Crippen LogP contribution is 2.25. The molecule has 11 nitrogen and oxygen atoms in total. The zero-order valence-electron chi connectivity index (χ0n) is 15.8. The first-order valence-corrected chi connectivity index (χ1v) is 8.87. The summed E-state index contributed by atoms with van der Waals surface area (Å²) in [4.78, 5) is 21.3. The van der Waals surface area contributed by atoms with Crippen molar-refractivity contribution in [1.29, 1.82) is 0 Å². The normalized spacial score (nSPS) is 12.3. The highest BCUT2D eigenvalue weighted by molar-refractivity contribution is 5.89. The molecule has 0 saturated heterocycles. The molecule has 0 aliphatic rings. The standard InChI is InChI=1S/C17H19FN10O/c1-10(14-19-5-11(18)6-20-14)23-17-25-15(24-13-8-27(2)9-21-13)12-7-22-28(3-4-29)16(12)26-17/h5-10,29H,3-4H2,1-2H3,(H2,23,24,25,26)/t10-/m0/s1. The molecule has 1 atom stereocenters. The van der Waals surface area contributed by atoms with E-state index in [2.05, 4.69) is 40.7 Å². The Kier molecular flexibility index (Phi) is 4.99. The van der Waals surface area contributed by atoms with Crippen molar-refractivity contribution in [3.05, 3.63) is 42.8 Å². The highest BCUT2D eigenvalue weighted by atomic mass is 19.1. The maximum Gasteiger partial charge on any atom is 0.227 e. The van der Waals surface area contributed by atoms with Crippen LogP contribution < -0.4 is 10.6 Å². The number of halogens is 1. The van der Waals surface area contributed by atoms with Gasteiger partial charge in [-0.15, -0.1) is 0 Å². The van der Waals surface area contributed by atoms with Crippen LogP contribution in [0.1, 0.15) is 18.8 Å². The Hall–Kier alpha value is -3.67. The van der Waals surface area contributed by atoms with Gasteiger partial charge in [-0.2, -0.15) is 15.1 Å². The maximum atomic E-state index is 13.1. The predicted octanol–water partition coefficient (Wildman–Crippen LogP) is 1.40. The largest absolute Gasteiger partial charge is 0.394 e. The van der Waals surface area contributed by atoms with Gasteiger partial charge in [0.05, 0.1) is 49.5 Å². The molecule has 0 aliphatic carbocycles. The maximum absolute atomic E-state index is 13.1. The monoisotopic (exact) mass is 398 g/mol. The van der Waals surface area contributed by atoms with E-state index in [1.807, 2.05) is 24.7 Å². The van der Waals surface area contributed by atoms with Gasteiger partial charge in [0.15, 0.2) is 11.5 Å². The van der Waals surface area contributed by atoms with E-state index in [1.54, 1.807) is 17.2 Å². The molecular formula is C17H19FN10O. The Balaban J connectivity index is 1.70. The smallest absolute Gasteiger partial charge is 0.227 e. The number of aromatic nitrogens is 8. The molecule has 0 spiro atoms. The summed E-state index contributed by atoms with van der Waals surface area (Å²) in [7, 11) is 1.87. The van der Waals surface area contributed by atoms with Crippen LogP contribution in [-0.2, 0) is 13.6 Å². The molecule has 4 rings (SSSR count). The number of aryl methyl sites for hydroxylation is 1. The van der Waals surface area contributed by atoms with Crippen molar-refractivity contribution < 1.29 is 9.50 Å². The van der Waals surface area contributed by atoms with Crippen LogP contribution in [0.5, 0.6) is 0 Å². The number of hydrogen-bond acceptors (Lipinski definition) is 9. The third kappa shape index (κ3) is 3.96. The van der Waals surface area contributed by atoms with Gasteiger partial charge in [-0.3, -0.25) is 0 Å². The van der Waals surface area contributed by atoms with Crippen LogP contribution in [0.3, 0.4) is 0 Å². The first kappa shape index (κ1) is 18.7. The van der Waals surface area contributed by atoms with Gasteiger partial charge >= 0.3 is 0 Å². The zero-order valence-corrected chi connectivity index (χ0v) is 15.8. The van der Waals surface area contributed by atoms with Gasteiger partial charge in [0.1, 0.15) is 17.5 Å². The number of imidazole rings is 1. The Morgan fingerprint density at radius 3 is 2.66 bits per heavy atom. The summed E-state index contributed by atoms with van der Waals surface area (Å²) < 4.78 is 16.5. The molecule has 4 heterocycles. The lowest BCUT2D eigenvalue weighted by molar-refractivity contribution is 0.271. The Labute approximate surface area is 164 Å². The van der Waals surface area contributed by atoms with Crippen molar-refractivity contribution in [3.8, 4) is 0 Å². The molecule has 0 bridgehead atoms. The zero-order chi connectivity index (χ0) is 20.4. The minimum atomic E-state index is -0.506. The lowest BCUT2D eigenvalue weighted by atomic mass is 10.3. The first-order chi connectivity index (χ1) is 14.0. The molecule has 0 radical (unpaired) electrons. The SMILES string of the molecule is C[C@H](Nc1nc(Nc2cn(C)cn2)c2cnn(CCO)c2n1)c1ncc(F)cn1. The number of aliphatic hydroxyl groups is 1. The molecular weight excluding hydrogens is 379 g/mol. The highest BCUT2D eigenvalue weighted by Gasteiger charge is 2.16. The van der Waals surface area contributed by atoms with Crippen LogP contribution in [0, 0.1) is 5.82 Å². The van der Waals surface area contributed by atoms with Gasteiger partial charge in [-0.05, 0) is 6.92 Å². The molecule has 4 aromatic rings. The number of hydrogen-bond donors (Lipinski definition) is 3. The summed E-state index contributed by atoms with van der Waals surface area (Å²) in [6.45, 7) is 2.03. The molecule has 0 unspecified atom stereocenters. The summed E-state index contributed by atoms with van der Waals surface area (Å²) in [5, 5.41) is 20.5. The van der Waals surface area contributed by atoms with Gasteiger partial charge in [0.2, 0.25) is 5.95 Å². The number of rotatable bonds is 7. The second-order valence-electron chi connectivity index (χ2n) is 6.40. The number of nitrogens with one attached hydrogen (secondary N) is 2. The van der Waals surface area contributed by atoms with Crippen molar-refractivity contribution >= 4 is 28.6 Å². The van der Waals surface area contributed by atoms with Crippen LogP contribution in [0.4, 0.5) is 22.0 Å². The Bertz CT molecular complexity index is 1120. The van der Waals surface area contributed by atoms with Gasteiger partial charge in [0.25, 0.3) is 0 Å². The van der Waals surface area contributed by atoms with Crippen molar-refractivity contribution in [1.82, 2.24) is 39.3 Å². The number of anilines is 3. The third-order valence-corrected chi connectivity index (χ3v) is 4.13. The topological polar surface area (TPSA) is 131 Å². The van der Waals surface area contributed by atoms with Crippen molar-refractivity contribution in [3.63, 3.8) is 0 Å². The molecule has 0 aliphatic heterocycles. The average molecular weight is 398 g/mol. The van der Waals surface area contributed by atoms with Gasteiger partial charge < -0.3 is 20.3 Å². The molecule has 0 fully saturated rings. The summed E-state index contributed by atoms with van der Waals surface area (Å²) in [6.07, 6.45) is 7.33. The summed E-state index contributed by atoms with van der Waals surface area (Å²) in [5.41, 5.74) is 0.544. The van der Waals surface area contributed by atoms with Gasteiger partial charge in [0, 0.05) is 13.2 Å². The molecule has 4 aromatic heterocycles.